The summed E-state index contributed by atoms with van der Waals surface area (Å²) in [4.78, 5) is 31.0. The van der Waals surface area contributed by atoms with Gasteiger partial charge in [0.05, 0.1) is 19.9 Å². The monoisotopic (exact) mass is 573 g/mol. The standard InChI is InChI=1S/C22H21BrF3N5O3S/c1-10-8-14(18(32)28-19-11(2)13(9-35-19)22(24,25)26)30-16(10)15(23)20(33)31-21(30)27-17(29-31)12-4-3-6-34-7-5-12/h5,9-10,14H,3-4,6-8H2,1-2H3,(H,28,32)/i6D2. The number of halogens is 4. The van der Waals surface area contributed by atoms with Gasteiger partial charge >= 0.3 is 6.18 Å². The van der Waals surface area contributed by atoms with E-state index in [1.807, 2.05) is 6.92 Å². The van der Waals surface area contributed by atoms with Crippen molar-refractivity contribution in [1.82, 2.24) is 19.2 Å². The lowest BCUT2D eigenvalue weighted by atomic mass is 10.0. The lowest BCUT2D eigenvalue weighted by Crippen LogP contribution is -2.28. The number of hydrogen-bond donors (Lipinski definition) is 1. The summed E-state index contributed by atoms with van der Waals surface area (Å²) in [5, 5.41) is 8.06. The number of anilines is 1. The molecule has 5 heterocycles. The molecule has 0 bridgehead atoms. The minimum atomic E-state index is -4.52. The molecule has 8 nitrogen and oxygen atoms in total. The summed E-state index contributed by atoms with van der Waals surface area (Å²) in [5.74, 6) is -0.415. The highest BCUT2D eigenvalue weighted by Gasteiger charge is 2.39. The number of carbonyl (C=O) groups excluding carboxylic acids is 1. The van der Waals surface area contributed by atoms with Crippen LogP contribution in [0.25, 0.3) is 11.4 Å². The maximum atomic E-state index is 13.4. The Balaban J connectivity index is 1.55. The lowest BCUT2D eigenvalue weighted by molar-refractivity contribution is -0.137. The molecule has 0 radical (unpaired) electrons. The zero-order chi connectivity index (χ0) is 26.9. The molecule has 35 heavy (non-hydrogen) atoms. The minimum Gasteiger partial charge on any atom is -0.377 e. The quantitative estimate of drug-likeness (QED) is 0.480. The molecule has 2 unspecified atom stereocenters. The summed E-state index contributed by atoms with van der Waals surface area (Å²) in [6, 6.07) is -0.849. The van der Waals surface area contributed by atoms with Gasteiger partial charge < -0.3 is 10.1 Å². The maximum absolute atomic E-state index is 13.4. The third kappa shape index (κ3) is 4.12. The number of allylic oxidation sites excluding steroid dienone is 1. The van der Waals surface area contributed by atoms with Gasteiger partial charge in [0, 0.05) is 23.6 Å². The minimum absolute atomic E-state index is 0.0131. The summed E-state index contributed by atoms with van der Waals surface area (Å²) in [6.45, 7) is 1.37. The molecule has 13 heteroatoms. The smallest absolute Gasteiger partial charge is 0.377 e. The van der Waals surface area contributed by atoms with Crippen molar-refractivity contribution in [3.05, 3.63) is 48.9 Å². The van der Waals surface area contributed by atoms with E-state index in [9.17, 15) is 22.8 Å². The molecule has 2 aliphatic heterocycles. The predicted octanol–water partition coefficient (Wildman–Crippen LogP) is 4.92. The normalized spacial score (nSPS) is 22.9. The fourth-order valence-corrected chi connectivity index (χ4v) is 6.21. The van der Waals surface area contributed by atoms with Crippen LogP contribution in [0, 0.1) is 6.92 Å². The Morgan fingerprint density at radius 1 is 1.43 bits per heavy atom. The van der Waals surface area contributed by atoms with Gasteiger partial charge in [0.2, 0.25) is 11.7 Å². The third-order valence-electron chi connectivity index (χ3n) is 6.21. The number of rotatable bonds is 3. The molecule has 2 atom stereocenters. The van der Waals surface area contributed by atoms with Gasteiger partial charge in [0.25, 0.3) is 5.56 Å². The number of hydrogen-bond acceptors (Lipinski definition) is 6. The summed E-state index contributed by atoms with van der Waals surface area (Å²) < 4.78 is 63.4. The van der Waals surface area contributed by atoms with E-state index in [4.69, 9.17) is 7.48 Å². The number of amides is 1. The first-order valence-electron chi connectivity index (χ1n) is 11.8. The number of nitrogens with zero attached hydrogens (tertiary/aromatic N) is 4. The number of ether oxygens (including phenoxy) is 1. The van der Waals surface area contributed by atoms with Crippen LogP contribution in [0.2, 0.25) is 0 Å². The first kappa shape index (κ1) is 21.7. The largest absolute Gasteiger partial charge is 0.417 e. The molecular weight excluding hydrogens is 551 g/mol. The van der Waals surface area contributed by atoms with Crippen LogP contribution in [0.1, 0.15) is 63.5 Å². The fraction of sp³-hybridized carbons (Fsp3) is 0.455. The van der Waals surface area contributed by atoms with Crippen molar-refractivity contribution in [2.24, 2.45) is 0 Å². The van der Waals surface area contributed by atoms with Crippen molar-refractivity contribution in [1.29, 1.82) is 0 Å². The molecule has 0 aromatic carbocycles. The molecule has 3 aromatic heterocycles. The van der Waals surface area contributed by atoms with Crippen molar-refractivity contribution in [3.63, 3.8) is 0 Å². The van der Waals surface area contributed by atoms with Gasteiger partial charge in [-0.15, -0.1) is 16.4 Å². The molecule has 0 saturated carbocycles. The molecular formula is C22H21BrF3N5O3S. The van der Waals surface area contributed by atoms with Crippen molar-refractivity contribution in [3.8, 4) is 0 Å². The molecule has 5 rings (SSSR count). The van der Waals surface area contributed by atoms with Crippen molar-refractivity contribution in [2.75, 3.05) is 18.5 Å². The molecule has 1 N–H and O–H groups in total. The number of alkyl halides is 3. The fourth-order valence-electron chi connectivity index (χ4n) is 4.46. The van der Waals surface area contributed by atoms with Crippen LogP contribution in [-0.4, -0.2) is 38.2 Å². The van der Waals surface area contributed by atoms with Crippen LogP contribution in [0.3, 0.4) is 0 Å². The van der Waals surface area contributed by atoms with Crippen LogP contribution in [0.15, 0.2) is 20.7 Å². The average molecular weight is 574 g/mol. The Morgan fingerprint density at radius 2 is 2.20 bits per heavy atom. The summed E-state index contributed by atoms with van der Waals surface area (Å²) >= 11 is 4.15. The molecule has 0 fully saturated rings. The third-order valence-corrected chi connectivity index (χ3v) is 7.95. The number of aromatic nitrogens is 4. The number of carbonyl (C=O) groups is 1. The van der Waals surface area contributed by atoms with Gasteiger partial charge in [-0.05, 0) is 53.3 Å². The van der Waals surface area contributed by atoms with E-state index in [1.165, 1.54) is 6.92 Å². The highest BCUT2D eigenvalue weighted by molar-refractivity contribution is 9.10. The van der Waals surface area contributed by atoms with Gasteiger partial charge in [-0.3, -0.25) is 14.2 Å². The van der Waals surface area contributed by atoms with E-state index in [1.54, 1.807) is 10.6 Å². The van der Waals surface area contributed by atoms with Crippen LogP contribution < -0.4 is 10.9 Å². The highest BCUT2D eigenvalue weighted by Crippen LogP contribution is 2.42. The Morgan fingerprint density at radius 3 is 2.91 bits per heavy atom. The molecule has 186 valence electrons. The lowest BCUT2D eigenvalue weighted by Gasteiger charge is -2.16. The number of thiophene rings is 1. The van der Waals surface area contributed by atoms with Crippen molar-refractivity contribution in [2.45, 2.75) is 51.2 Å². The van der Waals surface area contributed by atoms with Crippen LogP contribution >= 0.6 is 27.3 Å². The van der Waals surface area contributed by atoms with E-state index < -0.39 is 35.8 Å². The number of nitrogens with one attached hydrogen (secondary N) is 1. The van der Waals surface area contributed by atoms with Gasteiger partial charge in [-0.2, -0.15) is 22.7 Å². The Labute approximate surface area is 212 Å². The zero-order valence-electron chi connectivity index (χ0n) is 20.6. The molecule has 3 aromatic rings. The maximum Gasteiger partial charge on any atom is 0.417 e. The zero-order valence-corrected chi connectivity index (χ0v) is 21.0. The first-order chi connectivity index (χ1) is 17.3. The number of fused-ring (bicyclic) bond motifs is 3. The topological polar surface area (TPSA) is 90.5 Å². The van der Waals surface area contributed by atoms with Gasteiger partial charge in [-0.1, -0.05) is 13.0 Å². The summed E-state index contributed by atoms with van der Waals surface area (Å²) in [6.07, 6.45) is -2.20. The Kier molecular flexibility index (Phi) is 5.50. The van der Waals surface area contributed by atoms with Crippen molar-refractivity contribution < 1.29 is 25.4 Å². The van der Waals surface area contributed by atoms with Crippen LogP contribution in [-0.2, 0) is 15.7 Å². The van der Waals surface area contributed by atoms with Crippen LogP contribution in [0.5, 0.6) is 0 Å². The van der Waals surface area contributed by atoms with E-state index in [-0.39, 0.29) is 52.0 Å². The molecule has 0 aliphatic carbocycles. The molecule has 0 spiro atoms. The van der Waals surface area contributed by atoms with Gasteiger partial charge in [0.1, 0.15) is 10.5 Å². The van der Waals surface area contributed by atoms with Gasteiger partial charge in [0.15, 0.2) is 5.82 Å². The summed E-state index contributed by atoms with van der Waals surface area (Å²) in [5.41, 5.74) is -0.164. The molecule has 0 saturated heterocycles. The van der Waals surface area contributed by atoms with E-state index in [2.05, 4.69) is 31.3 Å². The van der Waals surface area contributed by atoms with Crippen molar-refractivity contribution >= 4 is 49.5 Å². The SMILES string of the molecule is [2H]C1([2H])CCC(c2nc3n4c(c(Br)c(=O)n3n2)C(C)CC4C(=O)Nc2scc(C(F)(F)F)c2C)=CCO1. The van der Waals surface area contributed by atoms with E-state index in [0.717, 1.165) is 21.2 Å². The second-order valence-electron chi connectivity index (χ2n) is 8.45. The first-order valence-corrected chi connectivity index (χ1v) is 12.5. The Hall–Kier alpha value is -2.51. The molecule has 2 aliphatic rings. The second kappa shape index (κ2) is 8.86. The second-order valence-corrected chi connectivity index (χ2v) is 10.1. The summed E-state index contributed by atoms with van der Waals surface area (Å²) in [7, 11) is 0. The average Bonchev–Trinajstić information content (AvgIpc) is 3.46. The van der Waals surface area contributed by atoms with Gasteiger partial charge in [-0.25, -0.2) is 0 Å². The van der Waals surface area contributed by atoms with E-state index in [0.29, 0.717) is 17.7 Å². The highest BCUT2D eigenvalue weighted by atomic mass is 79.9. The molecule has 1 amide bonds. The van der Waals surface area contributed by atoms with Crippen LogP contribution in [0.4, 0.5) is 18.2 Å². The predicted molar refractivity (Wildman–Crippen MR) is 128 cm³/mol. The Bertz CT molecular complexity index is 1510. The van der Waals surface area contributed by atoms with E-state index >= 15 is 0 Å².